The van der Waals surface area contributed by atoms with Crippen LogP contribution < -0.4 is 5.32 Å². The third-order valence-electron chi connectivity index (χ3n) is 2.63. The second-order valence-electron chi connectivity index (χ2n) is 3.83. The summed E-state index contributed by atoms with van der Waals surface area (Å²) in [6.45, 7) is 3.42. The third kappa shape index (κ3) is 1.23. The fraction of sp³-hybridized carbons (Fsp3) is 0.400. The van der Waals surface area contributed by atoms with Crippen molar-refractivity contribution in [2.45, 2.75) is 19.4 Å². The van der Waals surface area contributed by atoms with Gasteiger partial charge in [0.15, 0.2) is 5.54 Å². The van der Waals surface area contributed by atoms with Gasteiger partial charge in [-0.25, -0.2) is 4.79 Å². The zero-order valence-corrected chi connectivity index (χ0v) is 8.83. The molecule has 1 N–H and O–H groups in total. The minimum Gasteiger partial charge on any atom is -0.463 e. The molecule has 2 rings (SSSR count). The number of hydrogen-bond donors (Lipinski definition) is 1. The number of amides is 3. The summed E-state index contributed by atoms with van der Waals surface area (Å²) in [4.78, 5) is 24.2. The molecule has 0 spiro atoms. The molecule has 0 radical (unpaired) electrons. The first-order valence-electron chi connectivity index (χ1n) is 4.62. The number of carbonyl (C=O) groups excluding carboxylic acids is 2. The van der Waals surface area contributed by atoms with Crippen LogP contribution >= 0.6 is 0 Å². The van der Waals surface area contributed by atoms with Gasteiger partial charge in [-0.3, -0.25) is 9.69 Å². The van der Waals surface area contributed by atoms with Crippen LogP contribution in [-0.2, 0) is 10.3 Å². The minimum absolute atomic E-state index is 0.304. The number of furan rings is 1. The van der Waals surface area contributed by atoms with Gasteiger partial charge in [-0.2, -0.15) is 0 Å². The molecule has 5 heteroatoms. The maximum atomic E-state index is 11.8. The smallest absolute Gasteiger partial charge is 0.325 e. The van der Waals surface area contributed by atoms with Gasteiger partial charge in [0, 0.05) is 7.05 Å². The van der Waals surface area contributed by atoms with Crippen molar-refractivity contribution < 1.29 is 14.0 Å². The highest BCUT2D eigenvalue weighted by molar-refractivity contribution is 6.06. The Morgan fingerprint density at radius 1 is 1.40 bits per heavy atom. The van der Waals surface area contributed by atoms with Crippen LogP contribution in [0.25, 0.3) is 0 Å². The largest absolute Gasteiger partial charge is 0.463 e. The fourth-order valence-electron chi connectivity index (χ4n) is 1.65. The van der Waals surface area contributed by atoms with Crippen molar-refractivity contribution in [1.82, 2.24) is 10.2 Å². The average molecular weight is 208 g/mol. The Bertz CT molecular complexity index is 438. The highest BCUT2D eigenvalue weighted by atomic mass is 16.3. The van der Waals surface area contributed by atoms with Gasteiger partial charge < -0.3 is 9.73 Å². The van der Waals surface area contributed by atoms with Gasteiger partial charge in [-0.05, 0) is 26.0 Å². The van der Waals surface area contributed by atoms with E-state index in [0.717, 1.165) is 4.90 Å². The predicted molar refractivity (Wildman–Crippen MR) is 52.1 cm³/mol. The Balaban J connectivity index is 2.44. The van der Waals surface area contributed by atoms with Crippen LogP contribution in [-0.4, -0.2) is 23.9 Å². The Morgan fingerprint density at radius 2 is 2.07 bits per heavy atom. The lowest BCUT2D eigenvalue weighted by molar-refractivity contribution is -0.130. The highest BCUT2D eigenvalue weighted by Gasteiger charge is 2.49. The van der Waals surface area contributed by atoms with E-state index in [2.05, 4.69) is 5.32 Å². The number of imide groups is 1. The van der Waals surface area contributed by atoms with E-state index in [0.29, 0.717) is 11.5 Å². The van der Waals surface area contributed by atoms with Gasteiger partial charge in [0.2, 0.25) is 0 Å². The molecule has 1 aromatic heterocycles. The van der Waals surface area contributed by atoms with Crippen LogP contribution in [0.15, 0.2) is 16.5 Å². The molecule has 1 aromatic rings. The number of carbonyl (C=O) groups is 2. The summed E-state index contributed by atoms with van der Waals surface area (Å²) in [5.41, 5.74) is -1.07. The molecular weight excluding hydrogens is 196 g/mol. The van der Waals surface area contributed by atoms with Gasteiger partial charge in [0.05, 0.1) is 0 Å². The van der Waals surface area contributed by atoms with Crippen molar-refractivity contribution in [2.24, 2.45) is 0 Å². The van der Waals surface area contributed by atoms with E-state index in [1.54, 1.807) is 26.0 Å². The van der Waals surface area contributed by atoms with Crippen LogP contribution in [0.5, 0.6) is 0 Å². The van der Waals surface area contributed by atoms with Gasteiger partial charge in [0.25, 0.3) is 5.91 Å². The zero-order chi connectivity index (χ0) is 11.2. The Labute approximate surface area is 87.0 Å². The summed E-state index contributed by atoms with van der Waals surface area (Å²) in [5, 5.41) is 2.60. The van der Waals surface area contributed by atoms with E-state index in [4.69, 9.17) is 4.42 Å². The molecule has 80 valence electrons. The second-order valence-corrected chi connectivity index (χ2v) is 3.83. The normalized spacial score (nSPS) is 25.9. The number of urea groups is 1. The molecule has 1 fully saturated rings. The molecule has 0 saturated carbocycles. The monoisotopic (exact) mass is 208 g/mol. The summed E-state index contributed by atoms with van der Waals surface area (Å²) in [6.07, 6.45) is 0. The van der Waals surface area contributed by atoms with Crippen molar-refractivity contribution in [2.75, 3.05) is 7.05 Å². The van der Waals surface area contributed by atoms with Crippen LogP contribution in [0.3, 0.4) is 0 Å². The Morgan fingerprint density at radius 3 is 2.47 bits per heavy atom. The number of nitrogens with one attached hydrogen (secondary N) is 1. The second kappa shape index (κ2) is 2.85. The van der Waals surface area contributed by atoms with E-state index in [1.807, 2.05) is 0 Å². The first-order valence-corrected chi connectivity index (χ1v) is 4.62. The van der Waals surface area contributed by atoms with Crippen molar-refractivity contribution in [3.8, 4) is 0 Å². The van der Waals surface area contributed by atoms with E-state index < -0.39 is 11.6 Å². The Hall–Kier alpha value is -1.78. The standard InChI is InChI=1S/C10H12N2O3/c1-6-4-5-7(15-6)10(2)8(13)12(3)9(14)11-10/h4-5H,1-3H3,(H,11,14)/t10-/m1/s1. The fourth-order valence-corrected chi connectivity index (χ4v) is 1.65. The van der Waals surface area contributed by atoms with Crippen LogP contribution in [0.2, 0.25) is 0 Å². The molecule has 1 atom stereocenters. The number of nitrogens with zero attached hydrogens (tertiary/aromatic N) is 1. The lowest BCUT2D eigenvalue weighted by atomic mass is 9.99. The van der Waals surface area contributed by atoms with E-state index >= 15 is 0 Å². The van der Waals surface area contributed by atoms with E-state index in [9.17, 15) is 9.59 Å². The van der Waals surface area contributed by atoms with Crippen LogP contribution in [0.1, 0.15) is 18.4 Å². The number of aryl methyl sites for hydroxylation is 1. The molecule has 1 aliphatic rings. The van der Waals surface area contributed by atoms with Crippen molar-refractivity contribution in [1.29, 1.82) is 0 Å². The first kappa shape index (κ1) is 9.76. The maximum Gasteiger partial charge on any atom is 0.325 e. The summed E-state index contributed by atoms with van der Waals surface area (Å²) >= 11 is 0. The minimum atomic E-state index is -1.07. The molecule has 15 heavy (non-hydrogen) atoms. The van der Waals surface area contributed by atoms with E-state index in [1.165, 1.54) is 7.05 Å². The van der Waals surface area contributed by atoms with Gasteiger partial charge in [-0.15, -0.1) is 0 Å². The quantitative estimate of drug-likeness (QED) is 0.700. The third-order valence-corrected chi connectivity index (χ3v) is 2.63. The topological polar surface area (TPSA) is 62.6 Å². The number of likely N-dealkylation sites (N-methyl/N-ethyl adjacent to an activating group) is 1. The number of hydrogen-bond acceptors (Lipinski definition) is 3. The summed E-state index contributed by atoms with van der Waals surface area (Å²) in [6, 6.07) is 3.06. The lowest BCUT2D eigenvalue weighted by Crippen LogP contribution is -2.40. The molecule has 0 aromatic carbocycles. The summed E-state index contributed by atoms with van der Waals surface area (Å²) in [5.74, 6) is 0.868. The predicted octanol–water partition coefficient (Wildman–Crippen LogP) is 0.985. The number of rotatable bonds is 1. The van der Waals surface area contributed by atoms with Crippen LogP contribution in [0.4, 0.5) is 4.79 Å². The molecule has 1 aliphatic heterocycles. The van der Waals surface area contributed by atoms with Crippen LogP contribution in [0, 0.1) is 6.92 Å². The summed E-state index contributed by atoms with van der Waals surface area (Å²) in [7, 11) is 1.44. The zero-order valence-electron chi connectivity index (χ0n) is 8.83. The average Bonchev–Trinajstić information content (AvgIpc) is 2.68. The molecule has 0 aliphatic carbocycles. The van der Waals surface area contributed by atoms with Crippen molar-refractivity contribution in [3.63, 3.8) is 0 Å². The highest BCUT2D eigenvalue weighted by Crippen LogP contribution is 2.29. The molecule has 2 heterocycles. The molecule has 0 bridgehead atoms. The maximum absolute atomic E-state index is 11.8. The molecule has 1 saturated heterocycles. The first-order chi connectivity index (χ1) is 6.95. The SMILES string of the molecule is Cc1ccc([C@@]2(C)NC(=O)N(C)C2=O)o1. The van der Waals surface area contributed by atoms with Crippen molar-refractivity contribution in [3.05, 3.63) is 23.7 Å². The summed E-state index contributed by atoms with van der Waals surface area (Å²) < 4.78 is 5.38. The molecule has 5 nitrogen and oxygen atoms in total. The molecule has 3 amide bonds. The Kier molecular flexibility index (Phi) is 1.86. The van der Waals surface area contributed by atoms with Crippen molar-refractivity contribution >= 4 is 11.9 Å². The molecular formula is C10H12N2O3. The lowest BCUT2D eigenvalue weighted by Gasteiger charge is -2.17. The van der Waals surface area contributed by atoms with E-state index in [-0.39, 0.29) is 5.91 Å². The van der Waals surface area contributed by atoms with Gasteiger partial charge >= 0.3 is 6.03 Å². The van der Waals surface area contributed by atoms with Gasteiger partial charge in [0.1, 0.15) is 11.5 Å². The van der Waals surface area contributed by atoms with Gasteiger partial charge in [-0.1, -0.05) is 0 Å². The molecule has 0 unspecified atom stereocenters.